The Morgan fingerprint density at radius 1 is 1.06 bits per heavy atom. The van der Waals surface area contributed by atoms with E-state index < -0.39 is 7.12 Å². The maximum absolute atomic E-state index is 12.8. The molecule has 0 unspecified atom stereocenters. The van der Waals surface area contributed by atoms with Crippen molar-refractivity contribution < 1.29 is 14.4 Å². The monoisotopic (exact) mass is 217 g/mol. The maximum Gasteiger partial charge on any atom is 0.490 e. The van der Waals surface area contributed by atoms with E-state index in [1.54, 1.807) is 24.4 Å². The van der Waals surface area contributed by atoms with Crippen LogP contribution in [0.5, 0.6) is 0 Å². The summed E-state index contributed by atoms with van der Waals surface area (Å²) in [4.78, 5) is 3.82. The molecule has 1 aromatic heterocycles. The number of halogens is 1. The van der Waals surface area contributed by atoms with Crippen LogP contribution in [0.3, 0.4) is 0 Å². The first-order chi connectivity index (χ1) is 7.68. The topological polar surface area (TPSA) is 53.4 Å². The standard InChI is InChI=1S/C11H9BFNO2/c13-9-3-1-8(2-4-9)10-5-6-14-7-11(10)12(15)16/h1-7,15-16H. The first-order valence-electron chi connectivity index (χ1n) is 4.74. The number of rotatable bonds is 2. The smallest absolute Gasteiger partial charge is 0.423 e. The zero-order valence-electron chi connectivity index (χ0n) is 8.34. The molecule has 1 heterocycles. The predicted molar refractivity (Wildman–Crippen MR) is 59.5 cm³/mol. The molecule has 0 aliphatic rings. The highest BCUT2D eigenvalue weighted by molar-refractivity contribution is 6.60. The summed E-state index contributed by atoms with van der Waals surface area (Å²) in [6.45, 7) is 0. The van der Waals surface area contributed by atoms with Gasteiger partial charge in [0.25, 0.3) is 0 Å². The lowest BCUT2D eigenvalue weighted by Gasteiger charge is -2.07. The van der Waals surface area contributed by atoms with Crippen molar-refractivity contribution in [3.63, 3.8) is 0 Å². The first kappa shape index (κ1) is 10.8. The van der Waals surface area contributed by atoms with E-state index in [1.165, 1.54) is 18.3 Å². The minimum atomic E-state index is -1.59. The van der Waals surface area contributed by atoms with Gasteiger partial charge in [0.1, 0.15) is 5.82 Å². The second-order valence-corrected chi connectivity index (χ2v) is 3.34. The van der Waals surface area contributed by atoms with E-state index >= 15 is 0 Å². The van der Waals surface area contributed by atoms with Gasteiger partial charge in [0, 0.05) is 17.9 Å². The molecule has 2 N–H and O–H groups in total. The van der Waals surface area contributed by atoms with Gasteiger partial charge in [-0.2, -0.15) is 0 Å². The third-order valence-corrected chi connectivity index (χ3v) is 2.29. The van der Waals surface area contributed by atoms with Crippen molar-refractivity contribution in [2.24, 2.45) is 0 Å². The van der Waals surface area contributed by atoms with E-state index in [1.807, 2.05) is 0 Å². The summed E-state index contributed by atoms with van der Waals surface area (Å²) >= 11 is 0. The molecule has 0 saturated carbocycles. The highest BCUT2D eigenvalue weighted by atomic mass is 19.1. The molecule has 2 rings (SSSR count). The van der Waals surface area contributed by atoms with Crippen LogP contribution in [0.25, 0.3) is 11.1 Å². The Morgan fingerprint density at radius 2 is 1.75 bits per heavy atom. The van der Waals surface area contributed by atoms with E-state index in [9.17, 15) is 4.39 Å². The second kappa shape index (κ2) is 4.43. The van der Waals surface area contributed by atoms with Gasteiger partial charge in [-0.05, 0) is 29.3 Å². The molecule has 3 nitrogen and oxygen atoms in total. The summed E-state index contributed by atoms with van der Waals surface area (Å²) in [5.74, 6) is -0.330. The molecule has 16 heavy (non-hydrogen) atoms. The molecule has 80 valence electrons. The Hall–Kier alpha value is -1.72. The third-order valence-electron chi connectivity index (χ3n) is 2.29. The SMILES string of the molecule is OB(O)c1cnccc1-c1ccc(F)cc1. The molecule has 1 aromatic carbocycles. The second-order valence-electron chi connectivity index (χ2n) is 3.34. The number of benzene rings is 1. The molecule has 0 atom stereocenters. The molecule has 0 spiro atoms. The molecule has 0 saturated heterocycles. The Bertz CT molecular complexity index is 488. The van der Waals surface area contributed by atoms with Crippen molar-refractivity contribution in [2.45, 2.75) is 0 Å². The van der Waals surface area contributed by atoms with Crippen LogP contribution in [0.2, 0.25) is 0 Å². The van der Waals surface area contributed by atoms with Crippen molar-refractivity contribution in [1.29, 1.82) is 0 Å². The summed E-state index contributed by atoms with van der Waals surface area (Å²) in [6, 6.07) is 7.46. The van der Waals surface area contributed by atoms with Crippen LogP contribution in [0.15, 0.2) is 42.7 Å². The molecule has 0 aliphatic heterocycles. The first-order valence-corrected chi connectivity index (χ1v) is 4.74. The summed E-state index contributed by atoms with van der Waals surface area (Å²) in [5, 5.41) is 18.3. The Balaban J connectivity index is 2.51. The maximum atomic E-state index is 12.8. The van der Waals surface area contributed by atoms with Gasteiger partial charge in [-0.3, -0.25) is 4.98 Å². The molecule has 0 aliphatic carbocycles. The van der Waals surface area contributed by atoms with Gasteiger partial charge < -0.3 is 10.0 Å². The summed E-state index contributed by atoms with van der Waals surface area (Å²) < 4.78 is 12.8. The van der Waals surface area contributed by atoms with E-state index in [-0.39, 0.29) is 5.82 Å². The largest absolute Gasteiger partial charge is 0.490 e. The summed E-state index contributed by atoms with van der Waals surface area (Å²) in [6.07, 6.45) is 2.92. The number of hydrogen-bond donors (Lipinski definition) is 2. The van der Waals surface area contributed by atoms with Crippen molar-refractivity contribution in [1.82, 2.24) is 4.98 Å². The molecule has 0 radical (unpaired) electrons. The van der Waals surface area contributed by atoms with Gasteiger partial charge >= 0.3 is 7.12 Å². The van der Waals surface area contributed by atoms with Crippen LogP contribution in [0, 0.1) is 5.82 Å². The van der Waals surface area contributed by atoms with E-state index in [0.717, 1.165) is 0 Å². The summed E-state index contributed by atoms with van der Waals surface area (Å²) in [5.41, 5.74) is 1.64. The minimum absolute atomic E-state index is 0.300. The van der Waals surface area contributed by atoms with Gasteiger partial charge in [0.15, 0.2) is 0 Å². The average Bonchev–Trinajstić information content (AvgIpc) is 2.30. The van der Waals surface area contributed by atoms with E-state index in [2.05, 4.69) is 4.98 Å². The Morgan fingerprint density at radius 3 is 2.38 bits per heavy atom. The number of nitrogens with zero attached hydrogens (tertiary/aromatic N) is 1. The number of pyridine rings is 1. The van der Waals surface area contributed by atoms with Gasteiger partial charge in [-0.15, -0.1) is 0 Å². The fourth-order valence-electron chi connectivity index (χ4n) is 1.50. The lowest BCUT2D eigenvalue weighted by molar-refractivity contribution is 0.426. The Labute approximate surface area is 92.4 Å². The molecular formula is C11H9BFNO2. The molecule has 0 bridgehead atoms. The quantitative estimate of drug-likeness (QED) is 0.723. The Kier molecular flexibility index (Phi) is 2.98. The van der Waals surface area contributed by atoms with Crippen molar-refractivity contribution in [2.75, 3.05) is 0 Å². The fraction of sp³-hybridized carbons (Fsp3) is 0. The fourth-order valence-corrected chi connectivity index (χ4v) is 1.50. The summed E-state index contributed by atoms with van der Waals surface area (Å²) in [7, 11) is -1.59. The van der Waals surface area contributed by atoms with Gasteiger partial charge in [-0.25, -0.2) is 4.39 Å². The molecule has 5 heteroatoms. The van der Waals surface area contributed by atoms with Crippen molar-refractivity contribution in [3.05, 3.63) is 48.5 Å². The van der Waals surface area contributed by atoms with Crippen LogP contribution >= 0.6 is 0 Å². The van der Waals surface area contributed by atoms with Crippen LogP contribution < -0.4 is 5.46 Å². The molecule has 2 aromatic rings. The number of hydrogen-bond acceptors (Lipinski definition) is 3. The zero-order valence-corrected chi connectivity index (χ0v) is 8.34. The highest BCUT2D eigenvalue weighted by Gasteiger charge is 2.16. The minimum Gasteiger partial charge on any atom is -0.423 e. The number of aromatic nitrogens is 1. The van der Waals surface area contributed by atoms with Crippen molar-refractivity contribution in [3.8, 4) is 11.1 Å². The van der Waals surface area contributed by atoms with Crippen LogP contribution in [0.1, 0.15) is 0 Å². The lowest BCUT2D eigenvalue weighted by atomic mass is 9.77. The molecule has 0 amide bonds. The molecular weight excluding hydrogens is 208 g/mol. The van der Waals surface area contributed by atoms with Crippen LogP contribution in [-0.4, -0.2) is 22.2 Å². The van der Waals surface area contributed by atoms with Gasteiger partial charge in [0.05, 0.1) is 0 Å². The normalized spacial score (nSPS) is 10.2. The molecule has 0 fully saturated rings. The van der Waals surface area contributed by atoms with E-state index in [0.29, 0.717) is 16.6 Å². The zero-order chi connectivity index (χ0) is 11.5. The van der Waals surface area contributed by atoms with Crippen LogP contribution in [-0.2, 0) is 0 Å². The van der Waals surface area contributed by atoms with Gasteiger partial charge in [0.2, 0.25) is 0 Å². The highest BCUT2D eigenvalue weighted by Crippen LogP contribution is 2.17. The average molecular weight is 217 g/mol. The lowest BCUT2D eigenvalue weighted by Crippen LogP contribution is -2.31. The van der Waals surface area contributed by atoms with Crippen molar-refractivity contribution >= 4 is 12.6 Å². The van der Waals surface area contributed by atoms with Gasteiger partial charge in [-0.1, -0.05) is 12.1 Å². The van der Waals surface area contributed by atoms with Crippen LogP contribution in [0.4, 0.5) is 4.39 Å². The third kappa shape index (κ3) is 2.10. The predicted octanol–water partition coefficient (Wildman–Crippen LogP) is 0.567. The van der Waals surface area contributed by atoms with E-state index in [4.69, 9.17) is 10.0 Å².